The maximum Gasteiger partial charge on any atom is 0.312 e. The molecule has 1 spiro atoms. The molecule has 2 saturated heterocycles. The van der Waals surface area contributed by atoms with Gasteiger partial charge in [0.2, 0.25) is 5.91 Å². The second-order valence-electron chi connectivity index (χ2n) is 11.2. The third-order valence-electron chi connectivity index (χ3n) is 8.65. The molecule has 1 N–H and O–H groups in total. The Morgan fingerprint density at radius 2 is 1.85 bits per heavy atom. The number of fused-ring (bicyclic) bond motifs is 3. The SMILES string of the molecule is CC(C)C(CO)N1C(=O)[C@@H]2C3C(=O)OCCC/C=C\[C@H]3OC23C=CCN(c2ccc4ccccc4c2)C(=O)[C@@H]13. The number of hydrogen-bond donors (Lipinski definition) is 1. The van der Waals surface area contributed by atoms with Crippen LogP contribution < -0.4 is 4.90 Å². The van der Waals surface area contributed by atoms with Gasteiger partial charge >= 0.3 is 5.97 Å². The van der Waals surface area contributed by atoms with Crippen molar-refractivity contribution in [2.24, 2.45) is 17.8 Å². The molecule has 4 heterocycles. The Morgan fingerprint density at radius 1 is 1.05 bits per heavy atom. The summed E-state index contributed by atoms with van der Waals surface area (Å²) in [4.78, 5) is 45.4. The fourth-order valence-corrected chi connectivity index (χ4v) is 6.75. The van der Waals surface area contributed by atoms with Gasteiger partial charge in [0.15, 0.2) is 0 Å². The van der Waals surface area contributed by atoms with Gasteiger partial charge in [-0.2, -0.15) is 0 Å². The molecule has 0 bridgehead atoms. The lowest BCUT2D eigenvalue weighted by atomic mass is 9.78. The lowest BCUT2D eigenvalue weighted by Crippen LogP contribution is -2.59. The van der Waals surface area contributed by atoms with Crippen LogP contribution in [0.3, 0.4) is 0 Å². The molecule has 0 aromatic heterocycles. The Bertz CT molecular complexity index is 1370. The Morgan fingerprint density at radius 3 is 2.62 bits per heavy atom. The molecule has 2 fully saturated rings. The molecule has 8 heteroatoms. The highest BCUT2D eigenvalue weighted by molar-refractivity contribution is 6.06. The van der Waals surface area contributed by atoms with E-state index in [4.69, 9.17) is 9.47 Å². The zero-order valence-corrected chi connectivity index (χ0v) is 22.2. The number of aliphatic hydroxyl groups excluding tert-OH is 1. The third-order valence-corrected chi connectivity index (χ3v) is 8.65. The Hall–Kier alpha value is -3.49. The second-order valence-corrected chi connectivity index (χ2v) is 11.2. The summed E-state index contributed by atoms with van der Waals surface area (Å²) in [5.41, 5.74) is -0.652. The molecular weight excluding hydrogens is 496 g/mol. The van der Waals surface area contributed by atoms with Gasteiger partial charge in [-0.15, -0.1) is 0 Å². The number of rotatable bonds is 4. The van der Waals surface area contributed by atoms with Crippen LogP contribution in [0.25, 0.3) is 10.8 Å². The third kappa shape index (κ3) is 4.00. The highest BCUT2D eigenvalue weighted by atomic mass is 16.6. The number of benzene rings is 2. The van der Waals surface area contributed by atoms with Crippen molar-refractivity contribution in [1.29, 1.82) is 0 Å². The number of anilines is 1. The number of ether oxygens (including phenoxy) is 2. The number of allylic oxidation sites excluding steroid dienone is 1. The molecule has 0 saturated carbocycles. The Balaban J connectivity index is 1.49. The highest BCUT2D eigenvalue weighted by Gasteiger charge is 2.72. The maximum absolute atomic E-state index is 14.6. The van der Waals surface area contributed by atoms with Crippen molar-refractivity contribution >= 4 is 34.2 Å². The van der Waals surface area contributed by atoms with Crippen LogP contribution in [0.5, 0.6) is 0 Å². The second kappa shape index (κ2) is 9.92. The van der Waals surface area contributed by atoms with Crippen LogP contribution in [-0.2, 0) is 23.9 Å². The molecule has 2 aromatic rings. The van der Waals surface area contributed by atoms with E-state index in [0.29, 0.717) is 12.1 Å². The zero-order valence-electron chi connectivity index (χ0n) is 22.2. The van der Waals surface area contributed by atoms with E-state index in [0.717, 1.165) is 17.2 Å². The number of likely N-dealkylation sites (tertiary alicyclic amines) is 1. The molecule has 0 aliphatic carbocycles. The lowest BCUT2D eigenvalue weighted by Gasteiger charge is -2.39. The quantitative estimate of drug-likeness (QED) is 0.482. The van der Waals surface area contributed by atoms with Crippen molar-refractivity contribution < 1.29 is 29.0 Å². The van der Waals surface area contributed by atoms with Crippen molar-refractivity contribution in [3.63, 3.8) is 0 Å². The van der Waals surface area contributed by atoms with E-state index >= 15 is 0 Å². The van der Waals surface area contributed by atoms with E-state index in [1.54, 1.807) is 4.90 Å². The highest BCUT2D eigenvalue weighted by Crippen LogP contribution is 2.54. The predicted octanol–water partition coefficient (Wildman–Crippen LogP) is 3.23. The largest absolute Gasteiger partial charge is 0.465 e. The van der Waals surface area contributed by atoms with Gasteiger partial charge in [0, 0.05) is 12.2 Å². The van der Waals surface area contributed by atoms with E-state index in [1.165, 1.54) is 4.90 Å². The molecule has 2 aromatic carbocycles. The number of nitrogens with zero attached hydrogens (tertiary/aromatic N) is 2. The minimum Gasteiger partial charge on any atom is -0.465 e. The lowest BCUT2D eigenvalue weighted by molar-refractivity contribution is -0.155. The average molecular weight is 531 g/mol. The molecule has 39 heavy (non-hydrogen) atoms. The Labute approximate surface area is 227 Å². The van der Waals surface area contributed by atoms with Crippen LogP contribution in [0, 0.1) is 17.8 Å². The standard InChI is InChI=1S/C31H34N2O6/c1-19(2)23(18-34)33-27-29(36)32(22-13-12-20-9-5-6-10-21(20)17-22)15-8-14-31(27)26(28(33)35)25-24(39-31)11-4-3-7-16-38-30(25)37/h4-6,8-14,17,19,23-27,34H,3,7,15-16,18H2,1-2H3/b11-4-/t23?,24-,25?,26+,27-,31?/m1/s1. The number of aliphatic hydroxyl groups is 1. The number of cyclic esters (lactones) is 1. The summed E-state index contributed by atoms with van der Waals surface area (Å²) in [5.74, 6) is -3.09. The summed E-state index contributed by atoms with van der Waals surface area (Å²) in [6.45, 7) is 4.06. The van der Waals surface area contributed by atoms with Crippen LogP contribution in [0.1, 0.15) is 26.7 Å². The minimum absolute atomic E-state index is 0.132. The van der Waals surface area contributed by atoms with Crippen molar-refractivity contribution in [3.05, 3.63) is 66.8 Å². The van der Waals surface area contributed by atoms with Crippen molar-refractivity contribution in [2.75, 3.05) is 24.7 Å². The molecule has 0 radical (unpaired) electrons. The first-order valence-corrected chi connectivity index (χ1v) is 13.8. The van der Waals surface area contributed by atoms with E-state index in [2.05, 4.69) is 0 Å². The minimum atomic E-state index is -1.36. The first-order valence-electron chi connectivity index (χ1n) is 13.8. The van der Waals surface area contributed by atoms with E-state index < -0.39 is 41.6 Å². The zero-order chi connectivity index (χ0) is 27.3. The molecule has 2 amide bonds. The average Bonchev–Trinajstić information content (AvgIpc) is 3.34. The smallest absolute Gasteiger partial charge is 0.312 e. The van der Waals surface area contributed by atoms with Crippen LogP contribution in [0.2, 0.25) is 0 Å². The summed E-state index contributed by atoms with van der Waals surface area (Å²) in [7, 11) is 0. The van der Waals surface area contributed by atoms with Crippen LogP contribution in [0.15, 0.2) is 66.8 Å². The Kier molecular flexibility index (Phi) is 6.55. The van der Waals surface area contributed by atoms with Gasteiger partial charge in [-0.1, -0.05) is 68.5 Å². The molecule has 8 nitrogen and oxygen atoms in total. The molecule has 204 valence electrons. The number of carbonyl (C=O) groups excluding carboxylic acids is 3. The van der Waals surface area contributed by atoms with Crippen LogP contribution >= 0.6 is 0 Å². The topological polar surface area (TPSA) is 96.4 Å². The van der Waals surface area contributed by atoms with Gasteiger partial charge in [-0.25, -0.2) is 0 Å². The predicted molar refractivity (Wildman–Crippen MR) is 146 cm³/mol. The first kappa shape index (κ1) is 25.8. The maximum atomic E-state index is 14.6. The number of hydrogen-bond acceptors (Lipinski definition) is 6. The van der Waals surface area contributed by atoms with Gasteiger partial charge in [0.1, 0.15) is 17.6 Å². The monoisotopic (exact) mass is 530 g/mol. The number of carbonyl (C=O) groups is 3. The number of amides is 2. The summed E-state index contributed by atoms with van der Waals surface area (Å²) in [5, 5.41) is 12.5. The molecule has 6 atom stereocenters. The first-order chi connectivity index (χ1) is 18.9. The van der Waals surface area contributed by atoms with Gasteiger partial charge in [-0.3, -0.25) is 14.4 Å². The van der Waals surface area contributed by atoms with Crippen molar-refractivity contribution in [3.8, 4) is 0 Å². The van der Waals surface area contributed by atoms with Crippen molar-refractivity contribution in [2.45, 2.75) is 50.5 Å². The summed E-state index contributed by atoms with van der Waals surface area (Å²) in [6, 6.07) is 12.1. The fraction of sp³-hybridized carbons (Fsp3) is 0.452. The summed E-state index contributed by atoms with van der Waals surface area (Å²) in [6.07, 6.45) is 8.21. The molecule has 3 unspecified atom stereocenters. The van der Waals surface area contributed by atoms with Crippen molar-refractivity contribution in [1.82, 2.24) is 4.90 Å². The van der Waals surface area contributed by atoms with Crippen LogP contribution in [-0.4, -0.2) is 71.3 Å². The fourth-order valence-electron chi connectivity index (χ4n) is 6.75. The van der Waals surface area contributed by atoms with E-state index in [9.17, 15) is 19.5 Å². The normalized spacial score (nSPS) is 32.2. The molecule has 6 rings (SSSR count). The van der Waals surface area contributed by atoms with E-state index in [1.807, 2.05) is 80.6 Å². The van der Waals surface area contributed by atoms with Crippen LogP contribution in [0.4, 0.5) is 5.69 Å². The van der Waals surface area contributed by atoms with Gasteiger partial charge < -0.3 is 24.4 Å². The number of esters is 1. The van der Waals surface area contributed by atoms with E-state index in [-0.39, 0.29) is 37.5 Å². The summed E-state index contributed by atoms with van der Waals surface area (Å²) >= 11 is 0. The molecule has 4 aliphatic rings. The van der Waals surface area contributed by atoms with Gasteiger partial charge in [0.25, 0.3) is 5.91 Å². The molecule has 4 aliphatic heterocycles. The van der Waals surface area contributed by atoms with Gasteiger partial charge in [-0.05, 0) is 41.7 Å². The van der Waals surface area contributed by atoms with Gasteiger partial charge in [0.05, 0.1) is 31.3 Å². The molecular formula is C31H34N2O6. The summed E-state index contributed by atoms with van der Waals surface area (Å²) < 4.78 is 12.2.